The topological polar surface area (TPSA) is 38.7 Å². The number of aliphatic imine (C=N–C) groups is 1. The largest absolute Gasteiger partial charge is 0.401 e. The molecule has 0 aliphatic carbocycles. The van der Waals surface area contributed by atoms with E-state index in [0.29, 0.717) is 11.6 Å². The lowest BCUT2D eigenvalue weighted by Crippen LogP contribution is -2.03. The molecule has 19 heavy (non-hydrogen) atoms. The summed E-state index contributed by atoms with van der Waals surface area (Å²) in [6.07, 6.45) is 1.74. The molecule has 0 radical (unpaired) electrons. The van der Waals surface area contributed by atoms with Gasteiger partial charge in [-0.25, -0.2) is 9.79 Å². The Morgan fingerprint density at radius 2 is 2.00 bits per heavy atom. The zero-order valence-electron chi connectivity index (χ0n) is 10.3. The Morgan fingerprint density at radius 1 is 1.21 bits per heavy atom. The van der Waals surface area contributed by atoms with E-state index >= 15 is 0 Å². The summed E-state index contributed by atoms with van der Waals surface area (Å²) in [7, 11) is 0. The molecule has 0 unspecified atom stereocenters. The summed E-state index contributed by atoms with van der Waals surface area (Å²) in [6.45, 7) is 2.02. The van der Waals surface area contributed by atoms with Crippen LogP contribution < -0.4 is 0 Å². The molecule has 4 heteroatoms. The first kappa shape index (κ1) is 11.9. The molecule has 0 spiro atoms. The van der Waals surface area contributed by atoms with Crippen LogP contribution in [0.15, 0.2) is 52.5 Å². The maximum absolute atomic E-state index is 11.8. The molecule has 1 aromatic carbocycles. The second-order valence-corrected chi connectivity index (χ2v) is 5.17. The molecular formula is C15H11NO2S. The quantitative estimate of drug-likeness (QED) is 0.619. The molecule has 1 aromatic heterocycles. The van der Waals surface area contributed by atoms with E-state index in [2.05, 4.69) is 4.99 Å². The van der Waals surface area contributed by atoms with E-state index in [1.165, 1.54) is 16.9 Å². The van der Waals surface area contributed by atoms with Gasteiger partial charge in [-0.2, -0.15) is 0 Å². The van der Waals surface area contributed by atoms with Crippen LogP contribution in [0.25, 0.3) is 6.08 Å². The molecule has 0 saturated heterocycles. The predicted molar refractivity (Wildman–Crippen MR) is 76.1 cm³/mol. The van der Waals surface area contributed by atoms with Crippen molar-refractivity contribution in [3.05, 3.63) is 63.5 Å². The van der Waals surface area contributed by atoms with E-state index in [4.69, 9.17) is 4.74 Å². The van der Waals surface area contributed by atoms with Crippen LogP contribution in [0.3, 0.4) is 0 Å². The summed E-state index contributed by atoms with van der Waals surface area (Å²) >= 11 is 1.50. The molecule has 0 bridgehead atoms. The van der Waals surface area contributed by atoms with Gasteiger partial charge in [-0.05, 0) is 30.0 Å². The minimum atomic E-state index is -0.399. The highest BCUT2D eigenvalue weighted by Crippen LogP contribution is 2.21. The Balaban J connectivity index is 1.92. The number of hydrogen-bond acceptors (Lipinski definition) is 4. The second-order valence-electron chi connectivity index (χ2n) is 4.22. The molecule has 0 fully saturated rings. The first-order valence-electron chi connectivity index (χ1n) is 5.85. The molecule has 1 aliphatic heterocycles. The Hall–Kier alpha value is -2.20. The van der Waals surface area contributed by atoms with Crippen LogP contribution in [-0.4, -0.2) is 11.9 Å². The number of rotatable bonds is 2. The van der Waals surface area contributed by atoms with Gasteiger partial charge in [0.25, 0.3) is 0 Å². The van der Waals surface area contributed by atoms with E-state index in [9.17, 15) is 4.79 Å². The number of aryl methyl sites for hydroxylation is 1. The van der Waals surface area contributed by atoms with Crippen LogP contribution in [0, 0.1) is 6.92 Å². The number of cyclic esters (lactones) is 1. The average Bonchev–Trinajstić information content (AvgIpc) is 3.03. The maximum atomic E-state index is 11.8. The van der Waals surface area contributed by atoms with Crippen LogP contribution >= 0.6 is 11.3 Å². The van der Waals surface area contributed by atoms with Crippen LogP contribution in [0.1, 0.15) is 16.0 Å². The number of benzene rings is 1. The van der Waals surface area contributed by atoms with Gasteiger partial charge in [0.2, 0.25) is 5.90 Å². The van der Waals surface area contributed by atoms with Gasteiger partial charge >= 0.3 is 5.97 Å². The van der Waals surface area contributed by atoms with E-state index in [-0.39, 0.29) is 0 Å². The number of ether oxygens (including phenoxy) is 1. The number of carbonyl (C=O) groups is 1. The highest BCUT2D eigenvalue weighted by atomic mass is 32.1. The smallest absolute Gasteiger partial charge is 0.363 e. The molecule has 94 valence electrons. The van der Waals surface area contributed by atoms with Crippen molar-refractivity contribution >= 4 is 29.3 Å². The molecular weight excluding hydrogens is 258 g/mol. The van der Waals surface area contributed by atoms with Gasteiger partial charge in [-0.3, -0.25) is 0 Å². The van der Waals surface area contributed by atoms with E-state index < -0.39 is 5.97 Å². The number of carbonyl (C=O) groups excluding carboxylic acids is 1. The van der Waals surface area contributed by atoms with Crippen molar-refractivity contribution in [3.8, 4) is 0 Å². The van der Waals surface area contributed by atoms with Gasteiger partial charge in [0.1, 0.15) is 0 Å². The van der Waals surface area contributed by atoms with Gasteiger partial charge in [-0.1, -0.05) is 35.9 Å². The molecule has 3 rings (SSSR count). The number of esters is 1. The van der Waals surface area contributed by atoms with Crippen molar-refractivity contribution in [2.75, 3.05) is 0 Å². The van der Waals surface area contributed by atoms with Gasteiger partial charge in [-0.15, -0.1) is 11.3 Å². The first-order valence-corrected chi connectivity index (χ1v) is 6.73. The maximum Gasteiger partial charge on any atom is 0.363 e. The third-order valence-corrected chi connectivity index (χ3v) is 3.59. The van der Waals surface area contributed by atoms with Gasteiger partial charge in [0.05, 0.1) is 4.88 Å². The fourth-order valence-corrected chi connectivity index (χ4v) is 2.38. The third kappa shape index (κ3) is 2.48. The number of nitrogens with zero attached hydrogens (tertiary/aromatic N) is 1. The lowest BCUT2D eigenvalue weighted by Gasteiger charge is -1.95. The van der Waals surface area contributed by atoms with Crippen LogP contribution in [0.5, 0.6) is 0 Å². The van der Waals surface area contributed by atoms with E-state index in [0.717, 1.165) is 10.4 Å². The second kappa shape index (κ2) is 4.82. The SMILES string of the molecule is Cc1ccc(/C=C2/N=C(c3cccs3)OC2=O)cc1. The predicted octanol–water partition coefficient (Wildman–Crippen LogP) is 3.40. The van der Waals surface area contributed by atoms with Crippen molar-refractivity contribution in [2.45, 2.75) is 6.92 Å². The summed E-state index contributed by atoms with van der Waals surface area (Å²) in [5, 5.41) is 1.92. The average molecular weight is 269 g/mol. The van der Waals surface area contributed by atoms with Gasteiger partial charge < -0.3 is 4.74 Å². The minimum absolute atomic E-state index is 0.340. The highest BCUT2D eigenvalue weighted by Gasteiger charge is 2.24. The molecule has 0 saturated carbocycles. The first-order chi connectivity index (χ1) is 9.22. The normalized spacial score (nSPS) is 16.6. The van der Waals surface area contributed by atoms with Crippen molar-refractivity contribution < 1.29 is 9.53 Å². The Kier molecular flexibility index (Phi) is 3.01. The summed E-state index contributed by atoms with van der Waals surface area (Å²) in [5.74, 6) is -0.0117. The fourth-order valence-electron chi connectivity index (χ4n) is 1.74. The zero-order valence-corrected chi connectivity index (χ0v) is 11.1. The van der Waals surface area contributed by atoms with E-state index in [1.54, 1.807) is 6.08 Å². The van der Waals surface area contributed by atoms with Gasteiger partial charge in [0, 0.05) is 0 Å². The highest BCUT2D eigenvalue weighted by molar-refractivity contribution is 7.12. The van der Waals surface area contributed by atoms with Crippen LogP contribution in [0.2, 0.25) is 0 Å². The molecule has 0 atom stereocenters. The van der Waals surface area contributed by atoms with Gasteiger partial charge in [0.15, 0.2) is 5.70 Å². The molecule has 0 amide bonds. The Bertz CT molecular complexity index is 667. The standard InChI is InChI=1S/C15H11NO2S/c1-10-4-6-11(7-5-10)9-12-15(17)18-14(16-12)13-3-2-8-19-13/h2-9H,1H3/b12-9+. The Labute approximate surface area is 114 Å². The zero-order chi connectivity index (χ0) is 13.2. The number of thiophene rings is 1. The molecule has 2 aromatic rings. The molecule has 0 N–H and O–H groups in total. The van der Waals surface area contributed by atoms with Crippen LogP contribution in [-0.2, 0) is 9.53 Å². The van der Waals surface area contributed by atoms with Crippen molar-refractivity contribution in [1.82, 2.24) is 0 Å². The van der Waals surface area contributed by atoms with E-state index in [1.807, 2.05) is 48.7 Å². The van der Waals surface area contributed by atoms with Crippen molar-refractivity contribution in [2.24, 2.45) is 4.99 Å². The third-order valence-electron chi connectivity index (χ3n) is 2.73. The summed E-state index contributed by atoms with van der Waals surface area (Å²) in [6, 6.07) is 11.7. The summed E-state index contributed by atoms with van der Waals surface area (Å²) in [5.41, 5.74) is 2.46. The summed E-state index contributed by atoms with van der Waals surface area (Å²) in [4.78, 5) is 16.9. The Morgan fingerprint density at radius 3 is 2.68 bits per heavy atom. The number of hydrogen-bond donors (Lipinski definition) is 0. The summed E-state index contributed by atoms with van der Waals surface area (Å²) < 4.78 is 5.17. The van der Waals surface area contributed by atoms with Crippen LogP contribution in [0.4, 0.5) is 0 Å². The van der Waals surface area contributed by atoms with Crippen molar-refractivity contribution in [3.63, 3.8) is 0 Å². The lowest BCUT2D eigenvalue weighted by atomic mass is 10.1. The lowest BCUT2D eigenvalue weighted by molar-refractivity contribution is -0.129. The molecule has 2 heterocycles. The monoisotopic (exact) mass is 269 g/mol. The minimum Gasteiger partial charge on any atom is -0.401 e. The van der Waals surface area contributed by atoms with Crippen molar-refractivity contribution in [1.29, 1.82) is 0 Å². The molecule has 3 nitrogen and oxygen atoms in total. The fraction of sp³-hybridized carbons (Fsp3) is 0.0667. The molecule has 1 aliphatic rings.